The number of halogens is 1. The zero-order valence-corrected chi connectivity index (χ0v) is 19.0. The maximum atomic E-state index is 13.2. The van der Waals surface area contributed by atoms with E-state index in [0.717, 1.165) is 39.1 Å². The predicted molar refractivity (Wildman–Crippen MR) is 132 cm³/mol. The fourth-order valence-electron chi connectivity index (χ4n) is 4.03. The van der Waals surface area contributed by atoms with Gasteiger partial charge >= 0.3 is 5.69 Å². The molecule has 0 aliphatic heterocycles. The molecule has 8 nitrogen and oxygen atoms in total. The van der Waals surface area contributed by atoms with Gasteiger partial charge in [0.15, 0.2) is 5.65 Å². The van der Waals surface area contributed by atoms with Gasteiger partial charge in [-0.25, -0.2) is 9.48 Å². The zero-order valence-electron chi connectivity index (χ0n) is 18.2. The lowest BCUT2D eigenvalue weighted by Crippen LogP contribution is -2.22. The summed E-state index contributed by atoms with van der Waals surface area (Å²) < 4.78 is 7.67. The molecule has 6 rings (SSSR count). The summed E-state index contributed by atoms with van der Waals surface area (Å²) in [5.41, 5.74) is 6.18. The minimum atomic E-state index is -0.321. The maximum Gasteiger partial charge on any atom is 0.367 e. The Balaban J connectivity index is 1.46. The van der Waals surface area contributed by atoms with E-state index in [1.807, 2.05) is 60.7 Å². The van der Waals surface area contributed by atoms with E-state index in [2.05, 4.69) is 15.2 Å². The lowest BCUT2D eigenvalue weighted by molar-refractivity contribution is 0.422. The molecule has 4 aromatic heterocycles. The molecule has 0 radical (unpaired) electrons. The minimum Gasteiger partial charge on any atom is -0.364 e. The van der Waals surface area contributed by atoms with E-state index in [1.165, 1.54) is 15.5 Å². The van der Waals surface area contributed by atoms with E-state index in [1.54, 1.807) is 24.7 Å². The van der Waals surface area contributed by atoms with Gasteiger partial charge in [-0.05, 0) is 41.0 Å². The molecule has 4 heterocycles. The van der Waals surface area contributed by atoms with Crippen molar-refractivity contribution in [2.75, 3.05) is 0 Å². The molecule has 35 heavy (non-hydrogen) atoms. The van der Waals surface area contributed by atoms with Crippen molar-refractivity contribution in [3.63, 3.8) is 0 Å². The van der Waals surface area contributed by atoms with Crippen molar-refractivity contribution in [2.24, 2.45) is 0 Å². The summed E-state index contributed by atoms with van der Waals surface area (Å²) in [7, 11) is 0. The van der Waals surface area contributed by atoms with Crippen LogP contribution in [0.15, 0.2) is 101 Å². The number of nitrogens with zero attached hydrogens (tertiary/aromatic N) is 6. The second kappa shape index (κ2) is 8.66. The highest BCUT2D eigenvalue weighted by molar-refractivity contribution is 6.30. The number of rotatable bonds is 5. The van der Waals surface area contributed by atoms with Gasteiger partial charge in [0, 0.05) is 40.2 Å². The van der Waals surface area contributed by atoms with Crippen LogP contribution in [0, 0.1) is 0 Å². The van der Waals surface area contributed by atoms with E-state index in [9.17, 15) is 4.79 Å². The summed E-state index contributed by atoms with van der Waals surface area (Å²) in [6.45, 7) is 0.299. The van der Waals surface area contributed by atoms with Gasteiger partial charge in [-0.1, -0.05) is 53.2 Å². The largest absolute Gasteiger partial charge is 0.367 e. The van der Waals surface area contributed by atoms with Crippen molar-refractivity contribution < 1.29 is 4.52 Å². The molecule has 0 spiro atoms. The molecule has 6 aromatic rings. The van der Waals surface area contributed by atoms with Gasteiger partial charge in [0.1, 0.15) is 12.0 Å². The van der Waals surface area contributed by atoms with Crippen molar-refractivity contribution in [1.29, 1.82) is 0 Å². The lowest BCUT2D eigenvalue weighted by Gasteiger charge is -2.10. The molecule has 170 valence electrons. The van der Waals surface area contributed by atoms with Crippen LogP contribution in [0.5, 0.6) is 0 Å². The Morgan fingerprint density at radius 3 is 2.31 bits per heavy atom. The van der Waals surface area contributed by atoms with Gasteiger partial charge in [-0.3, -0.25) is 4.98 Å². The number of aromatic nitrogens is 6. The number of hydrogen-bond acceptors (Lipinski definition) is 6. The molecule has 9 heteroatoms. The second-order valence-corrected chi connectivity index (χ2v) is 8.37. The highest BCUT2D eigenvalue weighted by Gasteiger charge is 2.19. The Bertz CT molecular complexity index is 1670. The molecule has 0 saturated carbocycles. The predicted octanol–water partition coefficient (Wildman–Crippen LogP) is 4.98. The fraction of sp³-hybridized carbons (Fsp3) is 0.0385. The smallest absolute Gasteiger partial charge is 0.364 e. The second-order valence-electron chi connectivity index (χ2n) is 7.93. The van der Waals surface area contributed by atoms with Crippen LogP contribution in [0.2, 0.25) is 5.02 Å². The summed E-state index contributed by atoms with van der Waals surface area (Å²) in [5.74, 6) is 0. The van der Waals surface area contributed by atoms with Gasteiger partial charge in [-0.15, -0.1) is 5.10 Å². The van der Waals surface area contributed by atoms with E-state index < -0.39 is 0 Å². The molecule has 0 bridgehead atoms. The van der Waals surface area contributed by atoms with Crippen LogP contribution in [-0.4, -0.2) is 29.5 Å². The van der Waals surface area contributed by atoms with Crippen LogP contribution in [0.3, 0.4) is 0 Å². The Morgan fingerprint density at radius 1 is 0.857 bits per heavy atom. The fourth-order valence-corrected chi connectivity index (χ4v) is 4.16. The molecule has 2 aromatic carbocycles. The molecule has 0 aliphatic rings. The van der Waals surface area contributed by atoms with Gasteiger partial charge < -0.3 is 4.52 Å². The van der Waals surface area contributed by atoms with Gasteiger partial charge in [0.05, 0.1) is 12.7 Å². The first kappa shape index (κ1) is 21.0. The van der Waals surface area contributed by atoms with Crippen molar-refractivity contribution in [3.05, 3.63) is 113 Å². The highest BCUT2D eigenvalue weighted by Crippen LogP contribution is 2.34. The standard InChI is InChI=1S/C26H17ClN6O2/c27-21-7-5-18(6-8-21)22-15-29-33-25(24(22)20-9-12-28-13-10-20)30-32(26(33)34)16-17-1-3-19(4-2-17)23-11-14-35-31-23/h1-15H,16H2. The molecule has 0 saturated heterocycles. The van der Waals surface area contributed by atoms with Crippen LogP contribution < -0.4 is 5.69 Å². The number of fused-ring (bicyclic) bond motifs is 1. The highest BCUT2D eigenvalue weighted by atomic mass is 35.5. The van der Waals surface area contributed by atoms with E-state index in [0.29, 0.717) is 17.2 Å². The maximum absolute atomic E-state index is 13.2. The topological polar surface area (TPSA) is 91.1 Å². The molecule has 0 unspecified atom stereocenters. The number of benzene rings is 2. The number of hydrogen-bond donors (Lipinski definition) is 0. The van der Waals surface area contributed by atoms with E-state index >= 15 is 0 Å². The van der Waals surface area contributed by atoms with Gasteiger partial charge in [0.2, 0.25) is 0 Å². The van der Waals surface area contributed by atoms with Crippen molar-refractivity contribution in [2.45, 2.75) is 6.54 Å². The average molecular weight is 481 g/mol. The Labute approximate surface area is 204 Å². The van der Waals surface area contributed by atoms with E-state index in [4.69, 9.17) is 21.2 Å². The number of pyridine rings is 1. The molecule has 0 fully saturated rings. The third-order valence-corrected chi connectivity index (χ3v) is 6.01. The summed E-state index contributed by atoms with van der Waals surface area (Å²) >= 11 is 6.10. The Kier molecular flexibility index (Phi) is 5.20. The molecule has 0 N–H and O–H groups in total. The quantitative estimate of drug-likeness (QED) is 0.345. The molecule has 0 aliphatic carbocycles. The van der Waals surface area contributed by atoms with Crippen molar-refractivity contribution in [1.82, 2.24) is 29.5 Å². The summed E-state index contributed by atoms with van der Waals surface area (Å²) in [6.07, 6.45) is 6.64. The van der Waals surface area contributed by atoms with E-state index in [-0.39, 0.29) is 5.69 Å². The third-order valence-electron chi connectivity index (χ3n) is 5.76. The van der Waals surface area contributed by atoms with Crippen LogP contribution in [0.25, 0.3) is 39.2 Å². The molecular weight excluding hydrogens is 464 g/mol. The van der Waals surface area contributed by atoms with Gasteiger partial charge in [-0.2, -0.15) is 9.61 Å². The lowest BCUT2D eigenvalue weighted by atomic mass is 9.98. The SMILES string of the molecule is O=c1n(Cc2ccc(-c3ccon3)cc2)nc2c(-c3ccncc3)c(-c3ccc(Cl)cc3)cnn12. The first-order valence-corrected chi connectivity index (χ1v) is 11.2. The van der Waals surface area contributed by atoms with Crippen LogP contribution >= 0.6 is 11.6 Å². The average Bonchev–Trinajstić information content (AvgIpc) is 3.54. The monoisotopic (exact) mass is 480 g/mol. The van der Waals surface area contributed by atoms with Crippen molar-refractivity contribution >= 4 is 17.2 Å². The summed E-state index contributed by atoms with van der Waals surface area (Å²) in [4.78, 5) is 17.3. The molecule has 0 amide bonds. The Morgan fingerprint density at radius 2 is 1.60 bits per heavy atom. The normalized spacial score (nSPS) is 11.2. The summed E-state index contributed by atoms with van der Waals surface area (Å²) in [6, 6.07) is 20.8. The van der Waals surface area contributed by atoms with Crippen molar-refractivity contribution in [3.8, 4) is 33.5 Å². The first-order chi connectivity index (χ1) is 17.2. The minimum absolute atomic E-state index is 0.299. The summed E-state index contributed by atoms with van der Waals surface area (Å²) in [5, 5.41) is 13.7. The van der Waals surface area contributed by atoms with Gasteiger partial charge in [0.25, 0.3) is 0 Å². The van der Waals surface area contributed by atoms with Crippen LogP contribution in [0.1, 0.15) is 5.56 Å². The zero-order chi connectivity index (χ0) is 23.8. The Hall–Kier alpha value is -4.56. The molecular formula is C26H17ClN6O2. The third kappa shape index (κ3) is 3.89. The van der Waals surface area contributed by atoms with Crippen LogP contribution in [-0.2, 0) is 6.54 Å². The van der Waals surface area contributed by atoms with Crippen LogP contribution in [0.4, 0.5) is 0 Å². The first-order valence-electron chi connectivity index (χ1n) is 10.8. The molecule has 0 atom stereocenters.